The standard InChI is InChI=1S/C10H17NO2/c11-10(13)8-6-4-2-1-3-5-7-9-12/h2,4,6,8,12H,1,3,5,7,9H2,(H2,11,13). The number of amides is 1. The first-order valence-corrected chi connectivity index (χ1v) is 4.51. The first kappa shape index (κ1) is 11.9. The van der Waals surface area contributed by atoms with Crippen LogP contribution in [0.25, 0.3) is 0 Å². The molecule has 0 aliphatic carbocycles. The van der Waals surface area contributed by atoms with Crippen LogP contribution in [0.3, 0.4) is 0 Å². The number of aliphatic hydroxyl groups excluding tert-OH is 1. The molecule has 0 atom stereocenters. The molecule has 3 heteroatoms. The minimum absolute atomic E-state index is 0.269. The molecule has 3 N–H and O–H groups in total. The van der Waals surface area contributed by atoms with Crippen LogP contribution < -0.4 is 5.73 Å². The van der Waals surface area contributed by atoms with Crippen molar-refractivity contribution in [3.8, 4) is 0 Å². The first-order chi connectivity index (χ1) is 6.27. The van der Waals surface area contributed by atoms with E-state index in [-0.39, 0.29) is 6.61 Å². The summed E-state index contributed by atoms with van der Waals surface area (Å²) in [6, 6.07) is 0. The van der Waals surface area contributed by atoms with Crippen molar-refractivity contribution in [2.24, 2.45) is 5.73 Å². The maximum Gasteiger partial charge on any atom is 0.241 e. The van der Waals surface area contributed by atoms with Crippen molar-refractivity contribution in [1.82, 2.24) is 0 Å². The van der Waals surface area contributed by atoms with Gasteiger partial charge in [0.05, 0.1) is 0 Å². The topological polar surface area (TPSA) is 63.3 Å². The molecular formula is C10H17NO2. The lowest BCUT2D eigenvalue weighted by Crippen LogP contribution is -2.04. The van der Waals surface area contributed by atoms with Gasteiger partial charge in [-0.3, -0.25) is 4.79 Å². The summed E-state index contributed by atoms with van der Waals surface area (Å²) in [5.74, 6) is -0.426. The van der Waals surface area contributed by atoms with Gasteiger partial charge >= 0.3 is 0 Å². The average Bonchev–Trinajstić information content (AvgIpc) is 2.09. The Balaban J connectivity index is 3.26. The highest BCUT2D eigenvalue weighted by Crippen LogP contribution is 1.99. The van der Waals surface area contributed by atoms with Crippen LogP contribution in [0.15, 0.2) is 24.3 Å². The van der Waals surface area contributed by atoms with Gasteiger partial charge < -0.3 is 10.8 Å². The second kappa shape index (κ2) is 9.00. The molecule has 3 nitrogen and oxygen atoms in total. The summed E-state index contributed by atoms with van der Waals surface area (Å²) in [5, 5.41) is 8.49. The van der Waals surface area contributed by atoms with Crippen LogP contribution in [0.2, 0.25) is 0 Å². The lowest BCUT2D eigenvalue weighted by atomic mass is 10.2. The summed E-state index contributed by atoms with van der Waals surface area (Å²) < 4.78 is 0. The Morgan fingerprint density at radius 2 is 2.00 bits per heavy atom. The predicted molar refractivity (Wildman–Crippen MR) is 53.0 cm³/mol. The van der Waals surface area contributed by atoms with Crippen LogP contribution in [0.4, 0.5) is 0 Å². The minimum Gasteiger partial charge on any atom is -0.396 e. The summed E-state index contributed by atoms with van der Waals surface area (Å²) in [7, 11) is 0. The van der Waals surface area contributed by atoms with E-state index in [2.05, 4.69) is 0 Å². The molecule has 0 heterocycles. The highest BCUT2D eigenvalue weighted by Gasteiger charge is 1.84. The van der Waals surface area contributed by atoms with Crippen molar-refractivity contribution in [3.63, 3.8) is 0 Å². The van der Waals surface area contributed by atoms with Crippen molar-refractivity contribution < 1.29 is 9.90 Å². The Hall–Kier alpha value is -1.09. The van der Waals surface area contributed by atoms with E-state index in [0.29, 0.717) is 0 Å². The molecule has 0 aromatic carbocycles. The van der Waals surface area contributed by atoms with Crippen LogP contribution >= 0.6 is 0 Å². The number of carbonyl (C=O) groups is 1. The zero-order chi connectivity index (χ0) is 9.94. The highest BCUT2D eigenvalue weighted by molar-refractivity contribution is 5.85. The quantitative estimate of drug-likeness (QED) is 0.353. The van der Waals surface area contributed by atoms with Gasteiger partial charge in [0.1, 0.15) is 0 Å². The van der Waals surface area contributed by atoms with Gasteiger partial charge in [0.15, 0.2) is 0 Å². The van der Waals surface area contributed by atoms with Crippen molar-refractivity contribution in [2.45, 2.75) is 25.7 Å². The van der Waals surface area contributed by atoms with E-state index in [0.717, 1.165) is 25.7 Å². The van der Waals surface area contributed by atoms with Crippen molar-refractivity contribution in [2.75, 3.05) is 6.61 Å². The zero-order valence-electron chi connectivity index (χ0n) is 7.78. The molecular weight excluding hydrogens is 166 g/mol. The number of nitrogens with two attached hydrogens (primary N) is 1. The van der Waals surface area contributed by atoms with Crippen molar-refractivity contribution in [3.05, 3.63) is 24.3 Å². The molecule has 0 aromatic heterocycles. The second-order valence-electron chi connectivity index (χ2n) is 2.76. The fourth-order valence-corrected chi connectivity index (χ4v) is 0.876. The van der Waals surface area contributed by atoms with Gasteiger partial charge in [0.2, 0.25) is 5.91 Å². The molecule has 0 spiro atoms. The third-order valence-corrected chi connectivity index (χ3v) is 1.54. The fourth-order valence-electron chi connectivity index (χ4n) is 0.876. The number of carbonyl (C=O) groups excluding carboxylic acids is 1. The largest absolute Gasteiger partial charge is 0.396 e. The van der Waals surface area contributed by atoms with E-state index in [1.165, 1.54) is 6.08 Å². The van der Waals surface area contributed by atoms with Crippen LogP contribution in [-0.4, -0.2) is 17.6 Å². The Kier molecular flexibility index (Phi) is 8.25. The monoisotopic (exact) mass is 183 g/mol. The number of allylic oxidation sites excluding steroid dienone is 3. The molecule has 0 saturated carbocycles. The zero-order valence-corrected chi connectivity index (χ0v) is 7.78. The van der Waals surface area contributed by atoms with E-state index in [1.54, 1.807) is 6.08 Å². The smallest absolute Gasteiger partial charge is 0.241 e. The molecule has 13 heavy (non-hydrogen) atoms. The van der Waals surface area contributed by atoms with E-state index in [4.69, 9.17) is 10.8 Å². The predicted octanol–water partition coefficient (Wildman–Crippen LogP) is 1.14. The molecule has 0 fully saturated rings. The van der Waals surface area contributed by atoms with Crippen LogP contribution in [0, 0.1) is 0 Å². The lowest BCUT2D eigenvalue weighted by molar-refractivity contribution is -0.113. The summed E-state index contributed by atoms with van der Waals surface area (Å²) in [4.78, 5) is 10.2. The Bertz CT molecular complexity index is 185. The maximum absolute atomic E-state index is 10.2. The van der Waals surface area contributed by atoms with Crippen LogP contribution in [0.1, 0.15) is 25.7 Å². The van der Waals surface area contributed by atoms with Gasteiger partial charge in [-0.15, -0.1) is 0 Å². The van der Waals surface area contributed by atoms with E-state index in [1.807, 2.05) is 12.2 Å². The Morgan fingerprint density at radius 3 is 2.62 bits per heavy atom. The number of hydrogen-bond acceptors (Lipinski definition) is 2. The Morgan fingerprint density at radius 1 is 1.23 bits per heavy atom. The highest BCUT2D eigenvalue weighted by atomic mass is 16.2. The number of aliphatic hydroxyl groups is 1. The SMILES string of the molecule is NC(=O)C=CC=CCCCCCO. The molecule has 1 amide bonds. The third-order valence-electron chi connectivity index (χ3n) is 1.54. The van der Waals surface area contributed by atoms with Crippen LogP contribution in [0.5, 0.6) is 0 Å². The average molecular weight is 183 g/mol. The molecule has 74 valence electrons. The molecule has 0 unspecified atom stereocenters. The van der Waals surface area contributed by atoms with Gasteiger partial charge in [0.25, 0.3) is 0 Å². The number of unbranched alkanes of at least 4 members (excludes halogenated alkanes) is 3. The molecule has 0 rings (SSSR count). The molecule has 0 saturated heterocycles. The van der Waals surface area contributed by atoms with E-state index in [9.17, 15) is 4.79 Å². The summed E-state index contributed by atoms with van der Waals surface area (Å²) in [5.41, 5.74) is 4.89. The summed E-state index contributed by atoms with van der Waals surface area (Å²) in [6.07, 6.45) is 10.7. The number of hydrogen-bond donors (Lipinski definition) is 2. The lowest BCUT2D eigenvalue weighted by Gasteiger charge is -1.92. The molecule has 0 aliphatic rings. The van der Waals surface area contributed by atoms with Gasteiger partial charge in [-0.1, -0.05) is 24.6 Å². The van der Waals surface area contributed by atoms with Gasteiger partial charge in [0, 0.05) is 12.7 Å². The van der Waals surface area contributed by atoms with Gasteiger partial charge in [-0.2, -0.15) is 0 Å². The molecule has 0 aliphatic heterocycles. The molecule has 0 aromatic rings. The van der Waals surface area contributed by atoms with Gasteiger partial charge in [-0.05, 0) is 19.3 Å². The third kappa shape index (κ3) is 10.9. The summed E-state index contributed by atoms with van der Waals surface area (Å²) in [6.45, 7) is 0.269. The minimum atomic E-state index is -0.426. The normalized spacial score (nSPS) is 11.5. The van der Waals surface area contributed by atoms with Gasteiger partial charge in [-0.25, -0.2) is 0 Å². The van der Waals surface area contributed by atoms with E-state index >= 15 is 0 Å². The maximum atomic E-state index is 10.2. The molecule has 0 bridgehead atoms. The summed E-state index contributed by atoms with van der Waals surface area (Å²) >= 11 is 0. The van der Waals surface area contributed by atoms with Crippen LogP contribution in [-0.2, 0) is 4.79 Å². The first-order valence-electron chi connectivity index (χ1n) is 4.51. The van der Waals surface area contributed by atoms with E-state index < -0.39 is 5.91 Å². The number of primary amides is 1. The second-order valence-corrected chi connectivity index (χ2v) is 2.76. The fraction of sp³-hybridized carbons (Fsp3) is 0.500. The number of rotatable bonds is 7. The van der Waals surface area contributed by atoms with Crippen molar-refractivity contribution >= 4 is 5.91 Å². The molecule has 0 radical (unpaired) electrons. The van der Waals surface area contributed by atoms with Crippen molar-refractivity contribution in [1.29, 1.82) is 0 Å². The Labute approximate surface area is 78.9 Å².